The van der Waals surface area contributed by atoms with Gasteiger partial charge < -0.3 is 14.8 Å². The van der Waals surface area contributed by atoms with E-state index < -0.39 is 10.0 Å². The molecule has 0 atom stereocenters. The van der Waals surface area contributed by atoms with Gasteiger partial charge in [0, 0.05) is 23.0 Å². The van der Waals surface area contributed by atoms with Crippen molar-refractivity contribution >= 4 is 27.3 Å². The third-order valence-corrected chi connectivity index (χ3v) is 5.48. The van der Waals surface area contributed by atoms with E-state index in [1.165, 1.54) is 44.6 Å². The van der Waals surface area contributed by atoms with E-state index in [1.807, 2.05) is 18.2 Å². The van der Waals surface area contributed by atoms with E-state index in [0.29, 0.717) is 28.4 Å². The van der Waals surface area contributed by atoms with Crippen molar-refractivity contribution < 1.29 is 22.7 Å². The van der Waals surface area contributed by atoms with Gasteiger partial charge in [0.05, 0.1) is 19.1 Å². The van der Waals surface area contributed by atoms with Gasteiger partial charge in [-0.25, -0.2) is 8.42 Å². The smallest absolute Gasteiger partial charge is 0.262 e. The van der Waals surface area contributed by atoms with Crippen LogP contribution in [0.1, 0.15) is 10.4 Å². The first-order valence-electron chi connectivity index (χ1n) is 8.64. The Morgan fingerprint density at radius 1 is 0.793 bits per heavy atom. The summed E-state index contributed by atoms with van der Waals surface area (Å²) in [6.45, 7) is 0. The van der Waals surface area contributed by atoms with Crippen molar-refractivity contribution in [3.05, 3.63) is 78.4 Å². The maximum atomic E-state index is 12.6. The molecule has 2 N–H and O–H groups in total. The fraction of sp³-hybridized carbons (Fsp3) is 0.0952. The molecule has 0 radical (unpaired) electrons. The first kappa shape index (κ1) is 20.2. The predicted molar refractivity (Wildman–Crippen MR) is 111 cm³/mol. The SMILES string of the molecule is COc1ccc(S(=O)(=O)Nc2ccc(C(=O)Nc3ccccc3)cc2)cc1OC. The van der Waals surface area contributed by atoms with Gasteiger partial charge in [-0.05, 0) is 48.5 Å². The summed E-state index contributed by atoms with van der Waals surface area (Å²) in [6.07, 6.45) is 0. The molecular formula is C21H20N2O5S. The Labute approximate surface area is 169 Å². The van der Waals surface area contributed by atoms with Gasteiger partial charge in [0.1, 0.15) is 0 Å². The number of sulfonamides is 1. The zero-order valence-corrected chi connectivity index (χ0v) is 16.7. The van der Waals surface area contributed by atoms with Gasteiger partial charge in [0.15, 0.2) is 11.5 Å². The Morgan fingerprint density at radius 3 is 2.07 bits per heavy atom. The third kappa shape index (κ3) is 4.85. The summed E-state index contributed by atoms with van der Waals surface area (Å²) in [7, 11) is -0.935. The van der Waals surface area contributed by atoms with E-state index in [4.69, 9.17) is 9.47 Å². The summed E-state index contributed by atoms with van der Waals surface area (Å²) in [5, 5.41) is 2.77. The summed E-state index contributed by atoms with van der Waals surface area (Å²) in [5.41, 5.74) is 1.41. The summed E-state index contributed by atoms with van der Waals surface area (Å²) in [6, 6.07) is 19.5. The molecule has 7 nitrogen and oxygen atoms in total. The molecule has 0 unspecified atom stereocenters. The number of anilines is 2. The van der Waals surface area contributed by atoms with Crippen LogP contribution in [0.3, 0.4) is 0 Å². The number of hydrogen-bond acceptors (Lipinski definition) is 5. The lowest BCUT2D eigenvalue weighted by Gasteiger charge is -2.12. The largest absolute Gasteiger partial charge is 0.493 e. The fourth-order valence-corrected chi connectivity index (χ4v) is 3.69. The van der Waals surface area contributed by atoms with Crippen LogP contribution in [0.4, 0.5) is 11.4 Å². The molecule has 8 heteroatoms. The number of hydrogen-bond donors (Lipinski definition) is 2. The van der Waals surface area contributed by atoms with Crippen LogP contribution < -0.4 is 19.5 Å². The Bertz CT molecular complexity index is 1100. The van der Waals surface area contributed by atoms with Crippen LogP contribution in [0.2, 0.25) is 0 Å². The molecule has 0 spiro atoms. The van der Waals surface area contributed by atoms with Crippen molar-refractivity contribution in [2.75, 3.05) is 24.3 Å². The molecule has 0 aliphatic carbocycles. The molecule has 3 aromatic rings. The number of methoxy groups -OCH3 is 2. The highest BCUT2D eigenvalue weighted by molar-refractivity contribution is 7.92. The molecule has 29 heavy (non-hydrogen) atoms. The monoisotopic (exact) mass is 412 g/mol. The van der Waals surface area contributed by atoms with Crippen LogP contribution in [-0.2, 0) is 10.0 Å². The van der Waals surface area contributed by atoms with Gasteiger partial charge in [0.2, 0.25) is 0 Å². The maximum Gasteiger partial charge on any atom is 0.262 e. The second kappa shape index (κ2) is 8.66. The summed E-state index contributed by atoms with van der Waals surface area (Å²) >= 11 is 0. The van der Waals surface area contributed by atoms with Crippen LogP contribution in [-0.4, -0.2) is 28.5 Å². The van der Waals surface area contributed by atoms with Crippen LogP contribution in [0.15, 0.2) is 77.7 Å². The highest BCUT2D eigenvalue weighted by atomic mass is 32.2. The van der Waals surface area contributed by atoms with E-state index in [-0.39, 0.29) is 10.8 Å². The normalized spacial score (nSPS) is 10.8. The highest BCUT2D eigenvalue weighted by Gasteiger charge is 2.17. The van der Waals surface area contributed by atoms with Crippen molar-refractivity contribution in [1.29, 1.82) is 0 Å². The lowest BCUT2D eigenvalue weighted by molar-refractivity contribution is 0.102. The standard InChI is InChI=1S/C21H20N2O5S/c1-27-19-13-12-18(14-20(19)28-2)29(25,26)23-17-10-8-15(9-11-17)21(24)22-16-6-4-3-5-7-16/h3-14,23H,1-2H3,(H,22,24). The lowest BCUT2D eigenvalue weighted by atomic mass is 10.2. The number of ether oxygens (including phenoxy) is 2. The average molecular weight is 412 g/mol. The van der Waals surface area contributed by atoms with E-state index in [0.717, 1.165) is 0 Å². The van der Waals surface area contributed by atoms with Crippen molar-refractivity contribution in [3.63, 3.8) is 0 Å². The number of rotatable bonds is 7. The topological polar surface area (TPSA) is 93.7 Å². The number of nitrogens with one attached hydrogen (secondary N) is 2. The molecule has 0 heterocycles. The van der Waals surface area contributed by atoms with E-state index in [2.05, 4.69) is 10.0 Å². The number of amides is 1. The van der Waals surface area contributed by atoms with Crippen LogP contribution in [0.25, 0.3) is 0 Å². The van der Waals surface area contributed by atoms with Gasteiger partial charge in [-0.1, -0.05) is 18.2 Å². The molecule has 3 aromatic carbocycles. The molecule has 0 fully saturated rings. The van der Waals surface area contributed by atoms with Crippen molar-refractivity contribution in [1.82, 2.24) is 0 Å². The highest BCUT2D eigenvalue weighted by Crippen LogP contribution is 2.30. The minimum Gasteiger partial charge on any atom is -0.493 e. The molecule has 3 rings (SSSR count). The summed E-state index contributed by atoms with van der Waals surface area (Å²) in [5.74, 6) is 0.453. The minimum atomic E-state index is -3.84. The second-order valence-electron chi connectivity index (χ2n) is 6.02. The molecular weight excluding hydrogens is 392 g/mol. The van der Waals surface area contributed by atoms with Crippen molar-refractivity contribution in [2.45, 2.75) is 4.90 Å². The number of carbonyl (C=O) groups is 1. The quantitative estimate of drug-likeness (QED) is 0.616. The Balaban J connectivity index is 1.74. The zero-order chi connectivity index (χ0) is 20.9. The van der Waals surface area contributed by atoms with Gasteiger partial charge in [0.25, 0.3) is 15.9 Å². The first-order chi connectivity index (χ1) is 13.9. The predicted octanol–water partition coefficient (Wildman–Crippen LogP) is 3.76. The summed E-state index contributed by atoms with van der Waals surface area (Å²) in [4.78, 5) is 12.3. The van der Waals surface area contributed by atoms with Crippen molar-refractivity contribution in [2.24, 2.45) is 0 Å². The molecule has 0 aromatic heterocycles. The number of para-hydroxylation sites is 1. The summed E-state index contributed by atoms with van der Waals surface area (Å²) < 4.78 is 38.0. The first-order valence-corrected chi connectivity index (χ1v) is 10.1. The second-order valence-corrected chi connectivity index (χ2v) is 7.70. The molecule has 0 aliphatic heterocycles. The van der Waals surface area contributed by atoms with E-state index in [9.17, 15) is 13.2 Å². The average Bonchev–Trinajstić information content (AvgIpc) is 2.74. The maximum absolute atomic E-state index is 12.6. The molecule has 1 amide bonds. The van der Waals surface area contributed by atoms with Crippen LogP contribution in [0, 0.1) is 0 Å². The third-order valence-electron chi connectivity index (χ3n) is 4.10. The van der Waals surface area contributed by atoms with Gasteiger partial charge in [-0.15, -0.1) is 0 Å². The van der Waals surface area contributed by atoms with Crippen LogP contribution in [0.5, 0.6) is 11.5 Å². The molecule has 0 aliphatic rings. The molecule has 0 bridgehead atoms. The van der Waals surface area contributed by atoms with Gasteiger partial charge in [-0.3, -0.25) is 9.52 Å². The van der Waals surface area contributed by atoms with Crippen LogP contribution >= 0.6 is 0 Å². The zero-order valence-electron chi connectivity index (χ0n) is 15.9. The Kier molecular flexibility index (Phi) is 6.04. The molecule has 150 valence electrons. The Hall–Kier alpha value is -3.52. The van der Waals surface area contributed by atoms with Crippen molar-refractivity contribution in [3.8, 4) is 11.5 Å². The number of carbonyl (C=O) groups excluding carboxylic acids is 1. The van der Waals surface area contributed by atoms with E-state index in [1.54, 1.807) is 24.3 Å². The molecule has 0 saturated carbocycles. The van der Waals surface area contributed by atoms with E-state index >= 15 is 0 Å². The molecule has 0 saturated heterocycles. The minimum absolute atomic E-state index is 0.0287. The lowest BCUT2D eigenvalue weighted by Crippen LogP contribution is -2.14. The van der Waals surface area contributed by atoms with Gasteiger partial charge >= 0.3 is 0 Å². The van der Waals surface area contributed by atoms with Gasteiger partial charge in [-0.2, -0.15) is 0 Å². The Morgan fingerprint density at radius 2 is 1.45 bits per heavy atom. The fourth-order valence-electron chi connectivity index (χ4n) is 2.61. The number of benzene rings is 3.